The third-order valence-corrected chi connectivity index (χ3v) is 4.45. The lowest BCUT2D eigenvalue weighted by Gasteiger charge is -2.35. The molecule has 0 unspecified atom stereocenters. The van der Waals surface area contributed by atoms with Gasteiger partial charge in [-0.3, -0.25) is 9.69 Å². The zero-order valence-corrected chi connectivity index (χ0v) is 16.0. The Kier molecular flexibility index (Phi) is 6.23. The second-order valence-corrected chi connectivity index (χ2v) is 6.48. The van der Waals surface area contributed by atoms with E-state index in [2.05, 4.69) is 9.97 Å². The van der Waals surface area contributed by atoms with E-state index in [1.165, 1.54) is 18.7 Å². The van der Waals surface area contributed by atoms with Crippen LogP contribution in [0.2, 0.25) is 5.02 Å². The smallest absolute Gasteiger partial charge is 0.265 e. The molecule has 6 nitrogen and oxygen atoms in total. The molecule has 2 heterocycles. The molecule has 0 saturated heterocycles. The third kappa shape index (κ3) is 3.86. The van der Waals surface area contributed by atoms with Crippen LogP contribution in [-0.2, 0) is 0 Å². The average molecular weight is 376 g/mol. The Hall–Kier alpha value is -2.30. The van der Waals surface area contributed by atoms with Gasteiger partial charge in [-0.25, -0.2) is 9.97 Å². The van der Waals surface area contributed by atoms with Crippen LogP contribution >= 0.6 is 23.4 Å². The Labute approximate surface area is 156 Å². The molecule has 0 atom stereocenters. The lowest BCUT2D eigenvalue weighted by molar-refractivity contribution is 0.0981. The van der Waals surface area contributed by atoms with Gasteiger partial charge in [0.2, 0.25) is 0 Å². The van der Waals surface area contributed by atoms with Crippen molar-refractivity contribution < 1.29 is 4.79 Å². The Bertz CT molecular complexity index is 816. The van der Waals surface area contributed by atoms with Crippen LogP contribution in [0.3, 0.4) is 0 Å². The van der Waals surface area contributed by atoms with Crippen LogP contribution in [0, 0.1) is 18.3 Å². The van der Waals surface area contributed by atoms with Crippen molar-refractivity contribution in [1.29, 1.82) is 5.26 Å². The van der Waals surface area contributed by atoms with Crippen LogP contribution in [0.15, 0.2) is 29.6 Å². The lowest BCUT2D eigenvalue weighted by Crippen LogP contribution is -2.46. The van der Waals surface area contributed by atoms with Gasteiger partial charge < -0.3 is 4.90 Å². The summed E-state index contributed by atoms with van der Waals surface area (Å²) in [5, 5.41) is 8.53. The molecule has 0 radical (unpaired) electrons. The molecule has 1 amide bonds. The predicted octanol–water partition coefficient (Wildman–Crippen LogP) is 3.74. The number of aromatic nitrogens is 2. The number of aryl methyl sites for hydroxylation is 1. The number of hydrogen-bond acceptors (Lipinski definition) is 6. The molecule has 2 aromatic rings. The standard InChI is InChI=1S/C15H15ClN4OS.C2H3N/c1-9-5-4-6-11(16)12(9)20-8-19(2)13-10(14(20)21)7-17-15(18-13)22-3;1-2-3/h4-7H,8H2,1-3H3;1H3. The summed E-state index contributed by atoms with van der Waals surface area (Å²) in [5.74, 6) is 0.530. The summed E-state index contributed by atoms with van der Waals surface area (Å²) in [4.78, 5) is 25.1. The van der Waals surface area contributed by atoms with Crippen molar-refractivity contribution in [1.82, 2.24) is 9.97 Å². The number of nitriles is 1. The fourth-order valence-electron chi connectivity index (χ4n) is 2.52. The van der Waals surface area contributed by atoms with Gasteiger partial charge >= 0.3 is 0 Å². The highest BCUT2D eigenvalue weighted by atomic mass is 35.5. The molecule has 0 fully saturated rings. The molecule has 1 aromatic carbocycles. The van der Waals surface area contributed by atoms with E-state index in [1.54, 1.807) is 23.2 Å². The van der Waals surface area contributed by atoms with E-state index in [4.69, 9.17) is 16.9 Å². The number of carbonyl (C=O) groups is 1. The maximum Gasteiger partial charge on any atom is 0.265 e. The highest BCUT2D eigenvalue weighted by molar-refractivity contribution is 7.98. The van der Waals surface area contributed by atoms with Gasteiger partial charge in [-0.15, -0.1) is 0 Å². The fraction of sp³-hybridized carbons (Fsp3) is 0.294. The minimum absolute atomic E-state index is 0.128. The molecule has 8 heteroatoms. The predicted molar refractivity (Wildman–Crippen MR) is 101 cm³/mol. The average Bonchev–Trinajstić information content (AvgIpc) is 2.59. The summed E-state index contributed by atoms with van der Waals surface area (Å²) in [6.45, 7) is 3.78. The zero-order chi connectivity index (χ0) is 18.6. The molecule has 130 valence electrons. The number of anilines is 2. The summed E-state index contributed by atoms with van der Waals surface area (Å²) in [6.07, 6.45) is 3.50. The van der Waals surface area contributed by atoms with Gasteiger partial charge in [-0.2, -0.15) is 5.26 Å². The SMILES string of the molecule is CC#N.CSc1ncc2c(n1)N(C)CN(c1c(C)cccc1Cl)C2=O. The molecule has 0 N–H and O–H groups in total. The van der Waals surface area contributed by atoms with E-state index in [1.807, 2.05) is 37.3 Å². The first-order valence-electron chi connectivity index (χ1n) is 7.44. The van der Waals surface area contributed by atoms with E-state index in [0.29, 0.717) is 28.2 Å². The van der Waals surface area contributed by atoms with E-state index >= 15 is 0 Å². The molecule has 25 heavy (non-hydrogen) atoms. The summed E-state index contributed by atoms with van der Waals surface area (Å²) in [5.41, 5.74) is 2.19. The Morgan fingerprint density at radius 1 is 1.40 bits per heavy atom. The highest BCUT2D eigenvalue weighted by Gasteiger charge is 2.32. The van der Waals surface area contributed by atoms with Crippen LogP contribution in [0.1, 0.15) is 22.8 Å². The number of thioether (sulfide) groups is 1. The maximum atomic E-state index is 12.8. The molecule has 1 aliphatic rings. The number of rotatable bonds is 2. The van der Waals surface area contributed by atoms with Crippen molar-refractivity contribution in [3.8, 4) is 6.07 Å². The Morgan fingerprint density at radius 3 is 2.68 bits per heavy atom. The minimum atomic E-state index is -0.128. The Balaban J connectivity index is 0.000000701. The zero-order valence-electron chi connectivity index (χ0n) is 14.4. The molecular weight excluding hydrogens is 358 g/mol. The minimum Gasteiger partial charge on any atom is -0.341 e. The first kappa shape index (κ1) is 19.0. The quantitative estimate of drug-likeness (QED) is 0.588. The largest absolute Gasteiger partial charge is 0.341 e. The number of benzene rings is 1. The van der Waals surface area contributed by atoms with Crippen molar-refractivity contribution in [2.24, 2.45) is 0 Å². The van der Waals surface area contributed by atoms with Crippen molar-refractivity contribution in [2.75, 3.05) is 29.8 Å². The van der Waals surface area contributed by atoms with E-state index < -0.39 is 0 Å². The summed E-state index contributed by atoms with van der Waals surface area (Å²) >= 11 is 7.76. The van der Waals surface area contributed by atoms with Gasteiger partial charge in [-0.1, -0.05) is 35.5 Å². The van der Waals surface area contributed by atoms with E-state index in [9.17, 15) is 4.79 Å². The van der Waals surface area contributed by atoms with Crippen molar-refractivity contribution >= 4 is 40.8 Å². The second-order valence-electron chi connectivity index (χ2n) is 5.30. The van der Waals surface area contributed by atoms with Crippen LogP contribution in [-0.4, -0.2) is 35.8 Å². The normalized spacial score (nSPS) is 12.9. The van der Waals surface area contributed by atoms with Gasteiger partial charge in [0.25, 0.3) is 5.91 Å². The molecule has 3 rings (SSSR count). The van der Waals surface area contributed by atoms with Crippen LogP contribution < -0.4 is 9.80 Å². The number of fused-ring (bicyclic) bond motifs is 1. The summed E-state index contributed by atoms with van der Waals surface area (Å²) < 4.78 is 0. The molecule has 0 bridgehead atoms. The van der Waals surface area contributed by atoms with Gasteiger partial charge in [0.15, 0.2) is 5.16 Å². The molecule has 0 aliphatic carbocycles. The molecule has 0 saturated carbocycles. The highest BCUT2D eigenvalue weighted by Crippen LogP contribution is 2.34. The number of nitrogens with zero attached hydrogens (tertiary/aromatic N) is 5. The third-order valence-electron chi connectivity index (χ3n) is 3.58. The second kappa shape index (κ2) is 8.19. The molecule has 0 spiro atoms. The molecule has 1 aliphatic heterocycles. The first-order chi connectivity index (χ1) is 11.9. The monoisotopic (exact) mass is 375 g/mol. The van der Waals surface area contributed by atoms with Crippen molar-refractivity contribution in [3.05, 3.63) is 40.5 Å². The van der Waals surface area contributed by atoms with Gasteiger partial charge in [0, 0.05) is 20.2 Å². The number of amides is 1. The van der Waals surface area contributed by atoms with E-state index in [0.717, 1.165) is 11.3 Å². The van der Waals surface area contributed by atoms with E-state index in [-0.39, 0.29) is 5.91 Å². The number of hydrogen-bond donors (Lipinski definition) is 0. The van der Waals surface area contributed by atoms with Gasteiger partial charge in [0.1, 0.15) is 11.4 Å². The first-order valence-corrected chi connectivity index (χ1v) is 9.04. The van der Waals surface area contributed by atoms with Gasteiger partial charge in [0.05, 0.1) is 23.4 Å². The van der Waals surface area contributed by atoms with Crippen LogP contribution in [0.4, 0.5) is 11.5 Å². The van der Waals surface area contributed by atoms with Crippen molar-refractivity contribution in [2.45, 2.75) is 19.0 Å². The number of para-hydroxylation sites is 1. The summed E-state index contributed by atoms with van der Waals surface area (Å²) in [6, 6.07) is 7.36. The fourth-order valence-corrected chi connectivity index (χ4v) is 3.18. The van der Waals surface area contributed by atoms with Crippen LogP contribution in [0.25, 0.3) is 0 Å². The maximum absolute atomic E-state index is 12.8. The molecular formula is C17H18ClN5OS. The van der Waals surface area contributed by atoms with Gasteiger partial charge in [-0.05, 0) is 24.8 Å². The number of halogens is 1. The molecule has 1 aromatic heterocycles. The van der Waals surface area contributed by atoms with Crippen LogP contribution in [0.5, 0.6) is 0 Å². The Morgan fingerprint density at radius 2 is 2.08 bits per heavy atom. The summed E-state index contributed by atoms with van der Waals surface area (Å²) in [7, 11) is 1.90. The topological polar surface area (TPSA) is 73.1 Å². The lowest BCUT2D eigenvalue weighted by atomic mass is 10.1. The number of carbonyl (C=O) groups excluding carboxylic acids is 1. The van der Waals surface area contributed by atoms with Crippen molar-refractivity contribution in [3.63, 3.8) is 0 Å².